The van der Waals surface area contributed by atoms with Gasteiger partial charge in [-0.25, -0.2) is 4.79 Å². The van der Waals surface area contributed by atoms with Crippen LogP contribution in [0, 0.1) is 0 Å². The van der Waals surface area contributed by atoms with Gasteiger partial charge in [-0.3, -0.25) is 0 Å². The van der Waals surface area contributed by atoms with Gasteiger partial charge in [-0.15, -0.1) is 0 Å². The summed E-state index contributed by atoms with van der Waals surface area (Å²) in [6.45, 7) is 2.74. The van der Waals surface area contributed by atoms with Crippen molar-refractivity contribution in [2.45, 2.75) is 103 Å². The van der Waals surface area contributed by atoms with Crippen LogP contribution >= 0.6 is 0 Å². The Kier molecular flexibility index (Phi) is 14.1. The highest BCUT2D eigenvalue weighted by Crippen LogP contribution is 2.15. The molecule has 1 aromatic rings. The first-order valence-electron chi connectivity index (χ1n) is 11.5. The van der Waals surface area contributed by atoms with Crippen molar-refractivity contribution >= 4 is 17.3 Å². The number of esters is 1. The first-order chi connectivity index (χ1) is 13.6. The summed E-state index contributed by atoms with van der Waals surface area (Å²) in [6, 6.07) is 4.84. The molecule has 160 valence electrons. The number of carbonyl (C=O) groups excluding carboxylic acids is 1. The zero-order valence-corrected chi connectivity index (χ0v) is 18.0. The molecule has 0 radical (unpaired) electrons. The molecule has 0 aliphatic carbocycles. The molecule has 1 rings (SSSR count). The minimum absolute atomic E-state index is 0.343. The topological polar surface area (TPSA) is 78.3 Å². The highest BCUT2D eigenvalue weighted by molar-refractivity contribution is 5.91. The fourth-order valence-corrected chi connectivity index (χ4v) is 3.52. The van der Waals surface area contributed by atoms with E-state index in [0.717, 1.165) is 12.8 Å². The molecule has 4 nitrogen and oxygen atoms in total. The molecule has 4 N–H and O–H groups in total. The van der Waals surface area contributed by atoms with E-state index in [1.807, 2.05) is 0 Å². The average Bonchev–Trinajstić information content (AvgIpc) is 2.66. The Hall–Kier alpha value is -1.71. The van der Waals surface area contributed by atoms with E-state index in [2.05, 4.69) is 6.92 Å². The van der Waals surface area contributed by atoms with Crippen LogP contribution in [0.5, 0.6) is 0 Å². The van der Waals surface area contributed by atoms with Crippen LogP contribution in [-0.2, 0) is 4.74 Å². The van der Waals surface area contributed by atoms with E-state index >= 15 is 0 Å². The van der Waals surface area contributed by atoms with E-state index in [9.17, 15) is 4.79 Å². The summed E-state index contributed by atoms with van der Waals surface area (Å²) in [5.74, 6) is -0.343. The van der Waals surface area contributed by atoms with E-state index < -0.39 is 0 Å². The molecule has 0 spiro atoms. The molecule has 0 bridgehead atoms. The number of unbranched alkanes of at least 4 members (excludes halogenated alkanes) is 14. The number of anilines is 2. The van der Waals surface area contributed by atoms with Gasteiger partial charge in [-0.1, -0.05) is 96.8 Å². The number of carbonyl (C=O) groups is 1. The number of hydrogen-bond donors (Lipinski definition) is 2. The molecule has 0 aromatic heterocycles. The Morgan fingerprint density at radius 1 is 0.679 bits per heavy atom. The van der Waals surface area contributed by atoms with Crippen LogP contribution in [0.1, 0.15) is 114 Å². The van der Waals surface area contributed by atoms with Gasteiger partial charge in [0, 0.05) is 11.4 Å². The summed E-state index contributed by atoms with van der Waals surface area (Å²) in [5.41, 5.74) is 12.8. The van der Waals surface area contributed by atoms with Crippen molar-refractivity contribution in [3.63, 3.8) is 0 Å². The third kappa shape index (κ3) is 12.6. The van der Waals surface area contributed by atoms with Crippen LogP contribution in [0.2, 0.25) is 0 Å². The van der Waals surface area contributed by atoms with E-state index in [4.69, 9.17) is 16.2 Å². The second-order valence-electron chi connectivity index (χ2n) is 7.97. The van der Waals surface area contributed by atoms with Gasteiger partial charge in [0.05, 0.1) is 12.2 Å². The van der Waals surface area contributed by atoms with Crippen LogP contribution in [0.25, 0.3) is 0 Å². The standard InChI is InChI=1S/C24H42N2O2/c1-2-3-4-5-6-7-8-9-10-11-12-13-14-15-16-17-28-24(27)21-18-22(25)20-23(26)19-21/h18-20H,2-17,25-26H2,1H3. The van der Waals surface area contributed by atoms with Crippen molar-refractivity contribution in [2.75, 3.05) is 18.1 Å². The first kappa shape index (κ1) is 24.3. The summed E-state index contributed by atoms with van der Waals surface area (Å²) in [5, 5.41) is 0. The van der Waals surface area contributed by atoms with E-state index in [0.29, 0.717) is 23.5 Å². The summed E-state index contributed by atoms with van der Waals surface area (Å²) >= 11 is 0. The Morgan fingerprint density at radius 3 is 1.50 bits per heavy atom. The van der Waals surface area contributed by atoms with Gasteiger partial charge in [0.15, 0.2) is 0 Å². The Morgan fingerprint density at radius 2 is 1.07 bits per heavy atom. The molecule has 4 heteroatoms. The highest BCUT2D eigenvalue weighted by Gasteiger charge is 2.08. The molecule has 0 aliphatic rings. The van der Waals surface area contributed by atoms with Crippen molar-refractivity contribution < 1.29 is 9.53 Å². The first-order valence-corrected chi connectivity index (χ1v) is 11.5. The van der Waals surface area contributed by atoms with Gasteiger partial charge in [0.2, 0.25) is 0 Å². The maximum Gasteiger partial charge on any atom is 0.338 e. The highest BCUT2D eigenvalue weighted by atomic mass is 16.5. The van der Waals surface area contributed by atoms with Crippen molar-refractivity contribution in [1.29, 1.82) is 0 Å². The van der Waals surface area contributed by atoms with Crippen LogP contribution in [-0.4, -0.2) is 12.6 Å². The molecule has 0 fully saturated rings. The lowest BCUT2D eigenvalue weighted by molar-refractivity contribution is 0.0497. The normalized spacial score (nSPS) is 10.9. The minimum atomic E-state index is -0.343. The zero-order valence-electron chi connectivity index (χ0n) is 18.0. The number of hydrogen-bond acceptors (Lipinski definition) is 4. The molecule has 0 amide bonds. The maximum absolute atomic E-state index is 12.0. The van der Waals surface area contributed by atoms with Gasteiger partial charge < -0.3 is 16.2 Å². The van der Waals surface area contributed by atoms with E-state index in [1.54, 1.807) is 18.2 Å². The fourth-order valence-electron chi connectivity index (χ4n) is 3.52. The Labute approximate surface area is 172 Å². The van der Waals surface area contributed by atoms with E-state index in [1.165, 1.54) is 83.5 Å². The number of nitrogen functional groups attached to an aromatic ring is 2. The summed E-state index contributed by atoms with van der Waals surface area (Å²) in [6.07, 6.45) is 19.9. The smallest absolute Gasteiger partial charge is 0.338 e. The lowest BCUT2D eigenvalue weighted by Gasteiger charge is -2.07. The Bertz CT molecular complexity index is 511. The number of rotatable bonds is 17. The van der Waals surface area contributed by atoms with Crippen LogP contribution in [0.4, 0.5) is 11.4 Å². The second-order valence-corrected chi connectivity index (χ2v) is 7.97. The van der Waals surface area contributed by atoms with Crippen LogP contribution < -0.4 is 11.5 Å². The Balaban J connectivity index is 1.86. The predicted octanol–water partition coefficient (Wildman–Crippen LogP) is 6.88. The van der Waals surface area contributed by atoms with Crippen molar-refractivity contribution in [3.8, 4) is 0 Å². The molecule has 1 aromatic carbocycles. The molecular weight excluding hydrogens is 348 g/mol. The third-order valence-electron chi connectivity index (χ3n) is 5.19. The van der Waals surface area contributed by atoms with Crippen molar-refractivity contribution in [1.82, 2.24) is 0 Å². The largest absolute Gasteiger partial charge is 0.462 e. The number of benzene rings is 1. The monoisotopic (exact) mass is 390 g/mol. The molecule has 0 atom stereocenters. The lowest BCUT2D eigenvalue weighted by Crippen LogP contribution is -2.07. The quantitative estimate of drug-likeness (QED) is 0.173. The summed E-state index contributed by atoms with van der Waals surface area (Å²) in [4.78, 5) is 12.0. The number of ether oxygens (including phenoxy) is 1. The zero-order chi connectivity index (χ0) is 20.5. The van der Waals surface area contributed by atoms with Gasteiger partial charge in [-0.2, -0.15) is 0 Å². The third-order valence-corrected chi connectivity index (χ3v) is 5.19. The van der Waals surface area contributed by atoms with Gasteiger partial charge in [0.25, 0.3) is 0 Å². The fraction of sp³-hybridized carbons (Fsp3) is 0.708. The molecule has 0 heterocycles. The molecular formula is C24H42N2O2. The maximum atomic E-state index is 12.0. The van der Waals surface area contributed by atoms with Gasteiger partial charge in [0.1, 0.15) is 0 Å². The molecule has 0 aliphatic heterocycles. The van der Waals surface area contributed by atoms with Gasteiger partial charge in [-0.05, 0) is 24.6 Å². The average molecular weight is 391 g/mol. The number of nitrogens with two attached hydrogens (primary N) is 2. The molecule has 28 heavy (non-hydrogen) atoms. The van der Waals surface area contributed by atoms with Crippen molar-refractivity contribution in [3.05, 3.63) is 23.8 Å². The van der Waals surface area contributed by atoms with Crippen LogP contribution in [0.15, 0.2) is 18.2 Å². The molecule has 0 saturated carbocycles. The molecule has 0 unspecified atom stereocenters. The lowest BCUT2D eigenvalue weighted by atomic mass is 10.0. The van der Waals surface area contributed by atoms with E-state index in [-0.39, 0.29) is 5.97 Å². The minimum Gasteiger partial charge on any atom is -0.462 e. The summed E-state index contributed by atoms with van der Waals surface area (Å²) in [7, 11) is 0. The van der Waals surface area contributed by atoms with Crippen molar-refractivity contribution in [2.24, 2.45) is 0 Å². The predicted molar refractivity (Wildman–Crippen MR) is 120 cm³/mol. The van der Waals surface area contributed by atoms with Gasteiger partial charge >= 0.3 is 5.97 Å². The SMILES string of the molecule is CCCCCCCCCCCCCCCCCOC(=O)c1cc(N)cc(N)c1. The van der Waals surface area contributed by atoms with Crippen LogP contribution in [0.3, 0.4) is 0 Å². The molecule has 0 saturated heterocycles. The summed E-state index contributed by atoms with van der Waals surface area (Å²) < 4.78 is 5.30. The second kappa shape index (κ2) is 16.3.